The van der Waals surface area contributed by atoms with Gasteiger partial charge < -0.3 is 5.32 Å². The Hall–Kier alpha value is -3.21. The number of hydrogen-bond acceptors (Lipinski definition) is 5. The van der Waals surface area contributed by atoms with Crippen LogP contribution in [0, 0.1) is 0 Å². The van der Waals surface area contributed by atoms with Gasteiger partial charge in [0.05, 0.1) is 22.3 Å². The molecule has 4 rings (SSSR count). The van der Waals surface area contributed by atoms with Crippen molar-refractivity contribution in [2.45, 2.75) is 46.0 Å². The van der Waals surface area contributed by atoms with Crippen LogP contribution in [-0.4, -0.2) is 30.3 Å². The molecule has 0 radical (unpaired) electrons. The Morgan fingerprint density at radius 1 is 1.22 bits per heavy atom. The standard InChI is InChI=1S/C21H21F3N6OS/c1-4-13-6-7-17(32-13)14-10-18(21(22,23)24)30-19(27-14)11-15(28-30)20(31)26-12(3)16-8-9-25-29(16)5-2/h6-12H,4-5H2,1-3H3,(H,26,31)/t12-/m0/s1. The van der Waals surface area contributed by atoms with E-state index in [1.54, 1.807) is 29.9 Å². The van der Waals surface area contributed by atoms with E-state index < -0.39 is 23.8 Å². The number of halogens is 3. The molecule has 1 amide bonds. The summed E-state index contributed by atoms with van der Waals surface area (Å²) < 4.78 is 43.7. The molecule has 1 atom stereocenters. The van der Waals surface area contributed by atoms with Gasteiger partial charge in [0.15, 0.2) is 17.0 Å². The van der Waals surface area contributed by atoms with Crippen LogP contribution in [0.25, 0.3) is 16.2 Å². The van der Waals surface area contributed by atoms with Gasteiger partial charge in [0.25, 0.3) is 5.91 Å². The Balaban J connectivity index is 1.71. The maximum absolute atomic E-state index is 13.8. The third-order valence-corrected chi connectivity index (χ3v) is 6.31. The van der Waals surface area contributed by atoms with Gasteiger partial charge in [-0.1, -0.05) is 6.92 Å². The van der Waals surface area contributed by atoms with Gasteiger partial charge in [-0.3, -0.25) is 9.48 Å². The molecule has 11 heteroatoms. The lowest BCUT2D eigenvalue weighted by atomic mass is 10.2. The molecule has 0 aliphatic rings. The van der Waals surface area contributed by atoms with Gasteiger partial charge in [0.1, 0.15) is 0 Å². The molecule has 0 aliphatic carbocycles. The molecule has 7 nitrogen and oxygen atoms in total. The summed E-state index contributed by atoms with van der Waals surface area (Å²) in [6.07, 6.45) is -2.26. The molecular formula is C21H21F3N6OS. The molecule has 0 spiro atoms. The van der Waals surface area contributed by atoms with Crippen molar-refractivity contribution in [2.75, 3.05) is 0 Å². The normalized spacial score (nSPS) is 12.9. The van der Waals surface area contributed by atoms with E-state index in [1.807, 2.05) is 19.9 Å². The van der Waals surface area contributed by atoms with Crippen LogP contribution >= 0.6 is 11.3 Å². The lowest BCUT2D eigenvalue weighted by molar-refractivity contribution is -0.142. The van der Waals surface area contributed by atoms with E-state index in [1.165, 1.54) is 17.4 Å². The van der Waals surface area contributed by atoms with E-state index in [9.17, 15) is 18.0 Å². The number of rotatable bonds is 6. The van der Waals surface area contributed by atoms with Crippen molar-refractivity contribution < 1.29 is 18.0 Å². The number of thiophene rings is 1. The molecule has 0 aliphatic heterocycles. The summed E-state index contributed by atoms with van der Waals surface area (Å²) in [7, 11) is 0. The van der Waals surface area contributed by atoms with Gasteiger partial charge >= 0.3 is 6.18 Å². The topological polar surface area (TPSA) is 77.1 Å². The number of nitrogens with zero attached hydrogens (tertiary/aromatic N) is 5. The summed E-state index contributed by atoms with van der Waals surface area (Å²) in [6.45, 7) is 6.30. The van der Waals surface area contributed by atoms with E-state index in [0.29, 0.717) is 15.9 Å². The van der Waals surface area contributed by atoms with E-state index in [2.05, 4.69) is 20.5 Å². The number of nitrogens with one attached hydrogen (secondary N) is 1. The average Bonchev–Trinajstić information content (AvgIpc) is 3.50. The predicted octanol–water partition coefficient (Wildman–Crippen LogP) is 4.75. The molecule has 0 aromatic carbocycles. The second-order valence-electron chi connectivity index (χ2n) is 7.21. The Morgan fingerprint density at radius 2 is 2.00 bits per heavy atom. The number of aryl methyl sites for hydroxylation is 2. The molecule has 4 aromatic heterocycles. The third-order valence-electron chi connectivity index (χ3n) is 5.05. The first kappa shape index (κ1) is 22.0. The largest absolute Gasteiger partial charge is 0.433 e. The monoisotopic (exact) mass is 462 g/mol. The summed E-state index contributed by atoms with van der Waals surface area (Å²) in [5.41, 5.74) is -0.195. The van der Waals surface area contributed by atoms with Gasteiger partial charge in [0.2, 0.25) is 0 Å². The summed E-state index contributed by atoms with van der Waals surface area (Å²) in [6, 6.07) is 7.24. The first-order valence-corrected chi connectivity index (χ1v) is 10.9. The maximum Gasteiger partial charge on any atom is 0.433 e. The van der Waals surface area contributed by atoms with Crippen molar-refractivity contribution in [2.24, 2.45) is 0 Å². The number of carbonyl (C=O) groups is 1. The number of carbonyl (C=O) groups excluding carboxylic acids is 1. The SMILES string of the molecule is CCc1ccc(-c2cc(C(F)(F)F)n3nc(C(=O)N[C@@H](C)c4ccnn4CC)cc3n2)s1. The van der Waals surface area contributed by atoms with Crippen molar-refractivity contribution in [1.29, 1.82) is 0 Å². The first-order valence-electron chi connectivity index (χ1n) is 10.1. The average molecular weight is 463 g/mol. The van der Waals surface area contributed by atoms with Crippen molar-refractivity contribution in [3.63, 3.8) is 0 Å². The van der Waals surface area contributed by atoms with Gasteiger partial charge in [-0.2, -0.15) is 23.4 Å². The van der Waals surface area contributed by atoms with E-state index in [-0.39, 0.29) is 17.0 Å². The minimum Gasteiger partial charge on any atom is -0.343 e. The first-order chi connectivity index (χ1) is 15.2. The molecule has 4 aromatic rings. The Bertz CT molecular complexity index is 1270. The zero-order chi connectivity index (χ0) is 23.0. The van der Waals surface area contributed by atoms with Crippen molar-refractivity contribution >= 4 is 22.9 Å². The van der Waals surface area contributed by atoms with Crippen molar-refractivity contribution in [3.8, 4) is 10.6 Å². The summed E-state index contributed by atoms with van der Waals surface area (Å²) in [5, 5.41) is 10.8. The highest BCUT2D eigenvalue weighted by atomic mass is 32.1. The van der Waals surface area contributed by atoms with Gasteiger partial charge in [-0.25, -0.2) is 9.50 Å². The van der Waals surface area contributed by atoms with Crippen LogP contribution in [0.4, 0.5) is 13.2 Å². The second kappa shape index (κ2) is 8.38. The third kappa shape index (κ3) is 4.12. The smallest absolute Gasteiger partial charge is 0.343 e. The summed E-state index contributed by atoms with van der Waals surface area (Å²) in [5.74, 6) is -0.592. The molecule has 0 saturated heterocycles. The van der Waals surface area contributed by atoms with Crippen LogP contribution in [-0.2, 0) is 19.1 Å². The highest BCUT2D eigenvalue weighted by molar-refractivity contribution is 7.15. The minimum absolute atomic E-state index is 0.0438. The van der Waals surface area contributed by atoms with Gasteiger partial charge in [0, 0.05) is 23.7 Å². The van der Waals surface area contributed by atoms with Crippen LogP contribution < -0.4 is 5.32 Å². The molecular weight excluding hydrogens is 441 g/mol. The number of fused-ring (bicyclic) bond motifs is 1. The van der Waals surface area contributed by atoms with E-state index in [0.717, 1.165) is 23.1 Å². The minimum atomic E-state index is -4.67. The fourth-order valence-electron chi connectivity index (χ4n) is 3.44. The maximum atomic E-state index is 13.8. The lowest BCUT2D eigenvalue weighted by Crippen LogP contribution is -2.28. The Labute approximate surface area is 185 Å². The quantitative estimate of drug-likeness (QED) is 0.449. The van der Waals surface area contributed by atoms with Crippen LogP contribution in [0.1, 0.15) is 53.6 Å². The van der Waals surface area contributed by atoms with E-state index in [4.69, 9.17) is 0 Å². The van der Waals surface area contributed by atoms with Crippen molar-refractivity contribution in [1.82, 2.24) is 29.7 Å². The molecule has 4 heterocycles. The zero-order valence-electron chi connectivity index (χ0n) is 17.6. The molecule has 0 fully saturated rings. The fraction of sp³-hybridized carbons (Fsp3) is 0.333. The Morgan fingerprint density at radius 3 is 2.66 bits per heavy atom. The zero-order valence-corrected chi connectivity index (χ0v) is 18.5. The highest BCUT2D eigenvalue weighted by Crippen LogP contribution is 2.34. The predicted molar refractivity (Wildman–Crippen MR) is 114 cm³/mol. The second-order valence-corrected chi connectivity index (χ2v) is 8.38. The van der Waals surface area contributed by atoms with Crippen LogP contribution in [0.3, 0.4) is 0 Å². The molecule has 168 valence electrons. The highest BCUT2D eigenvalue weighted by Gasteiger charge is 2.36. The van der Waals surface area contributed by atoms with Crippen LogP contribution in [0.5, 0.6) is 0 Å². The van der Waals surface area contributed by atoms with Crippen LogP contribution in [0.15, 0.2) is 36.5 Å². The number of alkyl halides is 3. The van der Waals surface area contributed by atoms with Crippen LogP contribution in [0.2, 0.25) is 0 Å². The van der Waals surface area contributed by atoms with E-state index >= 15 is 0 Å². The molecule has 0 saturated carbocycles. The van der Waals surface area contributed by atoms with Gasteiger partial charge in [-0.05, 0) is 44.5 Å². The fourth-order valence-corrected chi connectivity index (χ4v) is 4.35. The number of aromatic nitrogens is 5. The van der Waals surface area contributed by atoms with Crippen molar-refractivity contribution in [3.05, 3.63) is 58.5 Å². The molecule has 0 unspecified atom stereocenters. The molecule has 0 bridgehead atoms. The molecule has 32 heavy (non-hydrogen) atoms. The summed E-state index contributed by atoms with van der Waals surface area (Å²) >= 11 is 1.39. The lowest BCUT2D eigenvalue weighted by Gasteiger charge is -2.14. The van der Waals surface area contributed by atoms with Gasteiger partial charge in [-0.15, -0.1) is 11.3 Å². The number of amides is 1. The Kier molecular flexibility index (Phi) is 5.76. The number of hydrogen-bond donors (Lipinski definition) is 1. The summed E-state index contributed by atoms with van der Waals surface area (Å²) in [4.78, 5) is 18.8. The molecule has 1 N–H and O–H groups in total.